The van der Waals surface area contributed by atoms with Crippen LogP contribution in [0.25, 0.3) is 6.08 Å². The van der Waals surface area contributed by atoms with E-state index < -0.39 is 16.3 Å². The van der Waals surface area contributed by atoms with Crippen LogP contribution in [0.4, 0.5) is 4.39 Å². The van der Waals surface area contributed by atoms with Gasteiger partial charge in [-0.15, -0.1) is 0 Å². The Labute approximate surface area is 77.0 Å². The van der Waals surface area contributed by atoms with Crippen LogP contribution in [-0.4, -0.2) is 4.55 Å². The number of hydrogen-bond donors (Lipinski definition) is 2. The summed E-state index contributed by atoms with van der Waals surface area (Å²) < 4.78 is 22.2. The van der Waals surface area contributed by atoms with Gasteiger partial charge in [0.1, 0.15) is 0 Å². The zero-order chi connectivity index (χ0) is 8.72. The molecule has 1 heterocycles. The number of hydrogen-bond acceptors (Lipinski definition) is 1. The average molecular weight is 205 g/mol. The smallest absolute Gasteiger partial charge is 0.163 e. The zero-order valence-corrected chi connectivity index (χ0v) is 7.61. The fourth-order valence-electron chi connectivity index (χ4n) is 1.14. The van der Waals surface area contributed by atoms with E-state index >= 15 is 0 Å². The lowest BCUT2D eigenvalue weighted by molar-refractivity contribution is 0.622. The average Bonchev–Trinajstić information content (AvgIpc) is 2.28. The lowest BCUT2D eigenvalue weighted by atomic mass is 10.2. The molecule has 1 aliphatic rings. The second-order valence-corrected chi connectivity index (χ2v) is 4.45. The van der Waals surface area contributed by atoms with Crippen molar-refractivity contribution < 1.29 is 8.94 Å². The van der Waals surface area contributed by atoms with Gasteiger partial charge in [-0.2, -0.15) is 4.39 Å². The third-order valence-electron chi connectivity index (χ3n) is 1.69. The van der Waals surface area contributed by atoms with Gasteiger partial charge in [0.2, 0.25) is 0 Å². The first-order chi connectivity index (χ1) is 5.68. The molecule has 1 aliphatic heterocycles. The molecule has 1 aromatic rings. The molecule has 2 rings (SSSR count). The van der Waals surface area contributed by atoms with Crippen LogP contribution in [-0.2, 0) is 0 Å². The summed E-state index contributed by atoms with van der Waals surface area (Å²) in [4.78, 5) is 0.645. The van der Waals surface area contributed by atoms with Gasteiger partial charge in [-0.05, 0) is 29.8 Å². The van der Waals surface area contributed by atoms with Crippen molar-refractivity contribution in [1.82, 2.24) is 0 Å². The molecule has 0 aromatic heterocycles. The molecule has 1 unspecified atom stereocenters. The molecule has 0 radical (unpaired) electrons. The molecule has 0 saturated heterocycles. The van der Waals surface area contributed by atoms with Gasteiger partial charge in [-0.1, -0.05) is 22.8 Å². The van der Waals surface area contributed by atoms with Gasteiger partial charge in [0.15, 0.2) is 5.16 Å². The lowest BCUT2D eigenvalue weighted by Crippen LogP contribution is -1.78. The van der Waals surface area contributed by atoms with Gasteiger partial charge in [0.25, 0.3) is 0 Å². The summed E-state index contributed by atoms with van der Waals surface area (Å²) in [7, 11) is 0. The molecular weight excluding hydrogens is 199 g/mol. The fraction of sp³-hybridized carbons (Fsp3) is 0. The van der Waals surface area contributed by atoms with E-state index in [4.69, 9.17) is 11.6 Å². The van der Waals surface area contributed by atoms with Crippen molar-refractivity contribution in [1.29, 1.82) is 0 Å². The summed E-state index contributed by atoms with van der Waals surface area (Å²) in [6.07, 6.45) is 1.33. The van der Waals surface area contributed by atoms with Crippen molar-refractivity contribution >= 4 is 28.9 Å². The predicted molar refractivity (Wildman–Crippen MR) is 50.4 cm³/mol. The van der Waals surface area contributed by atoms with E-state index in [0.717, 1.165) is 0 Å². The molecule has 12 heavy (non-hydrogen) atoms. The minimum Gasteiger partial charge on any atom is -0.343 e. The van der Waals surface area contributed by atoms with Gasteiger partial charge in [0, 0.05) is 9.92 Å². The molecule has 0 aliphatic carbocycles. The summed E-state index contributed by atoms with van der Waals surface area (Å²) in [5.74, 6) is 0. The summed E-state index contributed by atoms with van der Waals surface area (Å²) in [5.41, 5.74) is 0.689. The molecule has 1 aromatic carbocycles. The Kier molecular flexibility index (Phi) is 1.87. The Hall–Kier alpha value is -0.510. The molecule has 0 spiro atoms. The molecule has 4 heteroatoms. The maximum atomic E-state index is 12.8. The monoisotopic (exact) mass is 204 g/mol. The van der Waals surface area contributed by atoms with Crippen LogP contribution >= 0.6 is 22.8 Å². The SMILES string of the molecule is O[SH]1C(F)=Cc2cc(Cl)ccc21. The van der Waals surface area contributed by atoms with E-state index in [1.54, 1.807) is 18.2 Å². The summed E-state index contributed by atoms with van der Waals surface area (Å²) in [5, 5.41) is 0.102. The Balaban J connectivity index is 2.57. The maximum absolute atomic E-state index is 12.8. The number of benzene rings is 1. The number of thiol groups is 1. The van der Waals surface area contributed by atoms with Crippen LogP contribution in [0.5, 0.6) is 0 Å². The van der Waals surface area contributed by atoms with Crippen LogP contribution in [0.3, 0.4) is 0 Å². The zero-order valence-electron chi connectivity index (χ0n) is 5.96. The third kappa shape index (κ3) is 1.14. The molecule has 64 valence electrons. The Morgan fingerprint density at radius 2 is 2.17 bits per heavy atom. The van der Waals surface area contributed by atoms with E-state index in [1.807, 2.05) is 0 Å². The van der Waals surface area contributed by atoms with Crippen molar-refractivity contribution in [3.8, 4) is 0 Å². The molecule has 1 atom stereocenters. The van der Waals surface area contributed by atoms with E-state index in [1.165, 1.54) is 6.08 Å². The van der Waals surface area contributed by atoms with Crippen LogP contribution < -0.4 is 0 Å². The van der Waals surface area contributed by atoms with E-state index in [9.17, 15) is 8.94 Å². The first kappa shape index (κ1) is 8.10. The quantitative estimate of drug-likeness (QED) is 0.621. The van der Waals surface area contributed by atoms with Crippen molar-refractivity contribution in [2.45, 2.75) is 4.90 Å². The molecule has 0 fully saturated rings. The van der Waals surface area contributed by atoms with E-state index in [0.29, 0.717) is 15.5 Å². The second kappa shape index (κ2) is 2.76. The van der Waals surface area contributed by atoms with Gasteiger partial charge in [0.05, 0.1) is 0 Å². The highest BCUT2D eigenvalue weighted by Crippen LogP contribution is 2.49. The molecule has 0 amide bonds. The van der Waals surface area contributed by atoms with Crippen LogP contribution in [0, 0.1) is 0 Å². The van der Waals surface area contributed by atoms with Crippen molar-refractivity contribution in [3.05, 3.63) is 33.9 Å². The summed E-state index contributed by atoms with van der Waals surface area (Å²) in [6, 6.07) is 4.96. The Morgan fingerprint density at radius 1 is 1.42 bits per heavy atom. The molecular formula is C8H6ClFOS. The minimum atomic E-state index is -1.72. The summed E-state index contributed by atoms with van der Waals surface area (Å²) in [6.45, 7) is 0. The van der Waals surface area contributed by atoms with Crippen LogP contribution in [0.1, 0.15) is 5.56 Å². The molecule has 1 N–H and O–H groups in total. The fourth-order valence-corrected chi connectivity index (χ4v) is 2.40. The predicted octanol–water partition coefficient (Wildman–Crippen LogP) is 3.45. The Morgan fingerprint density at radius 3 is 2.92 bits per heavy atom. The van der Waals surface area contributed by atoms with Gasteiger partial charge >= 0.3 is 0 Å². The maximum Gasteiger partial charge on any atom is 0.163 e. The number of halogens is 2. The number of fused-ring (bicyclic) bond motifs is 1. The van der Waals surface area contributed by atoms with Crippen LogP contribution in [0.15, 0.2) is 28.3 Å². The summed E-state index contributed by atoms with van der Waals surface area (Å²) >= 11 is 3.97. The largest absolute Gasteiger partial charge is 0.343 e. The molecule has 0 bridgehead atoms. The standard InChI is InChI=1S/C8H6ClFOS/c9-6-1-2-7-5(3-6)4-8(10)12(7)11/h1-4,11-12H. The van der Waals surface area contributed by atoms with E-state index in [-0.39, 0.29) is 0 Å². The van der Waals surface area contributed by atoms with Crippen molar-refractivity contribution in [2.75, 3.05) is 0 Å². The van der Waals surface area contributed by atoms with Crippen LogP contribution in [0.2, 0.25) is 5.02 Å². The first-order valence-corrected chi connectivity index (χ1v) is 5.01. The highest BCUT2D eigenvalue weighted by Gasteiger charge is 2.19. The minimum absolute atomic E-state index is 0.456. The highest BCUT2D eigenvalue weighted by molar-refractivity contribution is 8.15. The topological polar surface area (TPSA) is 20.2 Å². The first-order valence-electron chi connectivity index (χ1n) is 3.34. The van der Waals surface area contributed by atoms with Crippen molar-refractivity contribution in [2.24, 2.45) is 0 Å². The Bertz CT molecular complexity index is 364. The lowest BCUT2D eigenvalue weighted by Gasteiger charge is -2.07. The molecule has 0 saturated carbocycles. The van der Waals surface area contributed by atoms with E-state index in [2.05, 4.69) is 0 Å². The molecule has 1 nitrogen and oxygen atoms in total. The van der Waals surface area contributed by atoms with Crippen molar-refractivity contribution in [3.63, 3.8) is 0 Å². The van der Waals surface area contributed by atoms with Gasteiger partial charge in [-0.25, -0.2) is 0 Å². The third-order valence-corrected chi connectivity index (χ3v) is 3.33. The normalized spacial score (nSPS) is 23.6. The van der Waals surface area contributed by atoms with Gasteiger partial charge in [-0.3, -0.25) is 0 Å². The highest BCUT2D eigenvalue weighted by atomic mass is 35.5. The number of rotatable bonds is 0. The van der Waals surface area contributed by atoms with Gasteiger partial charge < -0.3 is 4.55 Å². The second-order valence-electron chi connectivity index (χ2n) is 2.48.